The van der Waals surface area contributed by atoms with Crippen molar-refractivity contribution < 1.29 is 4.79 Å². The van der Waals surface area contributed by atoms with Gasteiger partial charge in [0, 0.05) is 33.1 Å². The zero-order valence-corrected chi connectivity index (χ0v) is 15.5. The molecular weight excluding hydrogens is 346 g/mol. The number of benzene rings is 1. The third-order valence-electron chi connectivity index (χ3n) is 3.67. The summed E-state index contributed by atoms with van der Waals surface area (Å²) in [6.07, 6.45) is 3.48. The molecule has 1 aliphatic rings. The standard InChI is InChI=1S/C17H24BrNOS/c1-17(2,3)21-12-15-9-4-5-10-19(15)16(20)13-7-6-8-14(18)11-13/h6-8,11,15H,4-5,9-10,12H2,1-3H3/t15-/m1/s1. The maximum atomic E-state index is 12.8. The SMILES string of the molecule is CC(C)(C)SC[C@H]1CCCCN1C(=O)c1cccc(Br)c1. The quantitative estimate of drug-likeness (QED) is 0.748. The van der Waals surface area contributed by atoms with Gasteiger partial charge in [-0.05, 0) is 37.5 Å². The predicted octanol–water partition coefficient (Wildman–Crippen LogP) is 4.98. The number of likely N-dealkylation sites (tertiary alicyclic amines) is 1. The Hall–Kier alpha value is -0.480. The summed E-state index contributed by atoms with van der Waals surface area (Å²) in [5, 5.41) is 0. The van der Waals surface area contributed by atoms with E-state index in [0.29, 0.717) is 6.04 Å². The molecule has 21 heavy (non-hydrogen) atoms. The summed E-state index contributed by atoms with van der Waals surface area (Å²) in [6.45, 7) is 7.60. The summed E-state index contributed by atoms with van der Waals surface area (Å²) in [7, 11) is 0. The fourth-order valence-corrected chi connectivity index (χ4v) is 4.01. The van der Waals surface area contributed by atoms with E-state index in [-0.39, 0.29) is 10.7 Å². The summed E-state index contributed by atoms with van der Waals surface area (Å²) < 4.78 is 1.22. The van der Waals surface area contributed by atoms with Gasteiger partial charge in [0.05, 0.1) is 0 Å². The largest absolute Gasteiger partial charge is 0.335 e. The maximum Gasteiger partial charge on any atom is 0.254 e. The number of piperidine rings is 1. The summed E-state index contributed by atoms with van der Waals surface area (Å²) in [6, 6.07) is 8.09. The van der Waals surface area contributed by atoms with Crippen LogP contribution in [0.2, 0.25) is 0 Å². The Labute approximate surface area is 140 Å². The third-order valence-corrected chi connectivity index (χ3v) is 5.58. The molecule has 0 radical (unpaired) electrons. The molecule has 0 bridgehead atoms. The van der Waals surface area contributed by atoms with Crippen LogP contribution in [0.5, 0.6) is 0 Å². The monoisotopic (exact) mass is 369 g/mol. The van der Waals surface area contributed by atoms with Crippen molar-refractivity contribution in [3.8, 4) is 0 Å². The van der Waals surface area contributed by atoms with Gasteiger partial charge < -0.3 is 4.90 Å². The molecule has 0 spiro atoms. The number of rotatable bonds is 3. The average Bonchev–Trinajstić information content (AvgIpc) is 2.44. The summed E-state index contributed by atoms with van der Waals surface area (Å²) in [4.78, 5) is 14.9. The molecule has 1 heterocycles. The number of hydrogen-bond acceptors (Lipinski definition) is 2. The van der Waals surface area contributed by atoms with Crippen LogP contribution in [-0.2, 0) is 0 Å². The molecule has 1 amide bonds. The molecule has 1 aromatic rings. The highest BCUT2D eigenvalue weighted by Crippen LogP contribution is 2.29. The van der Waals surface area contributed by atoms with Gasteiger partial charge in [-0.2, -0.15) is 11.8 Å². The van der Waals surface area contributed by atoms with Gasteiger partial charge in [0.1, 0.15) is 0 Å². The molecule has 0 aliphatic carbocycles. The van der Waals surface area contributed by atoms with Gasteiger partial charge >= 0.3 is 0 Å². The van der Waals surface area contributed by atoms with Crippen molar-refractivity contribution in [1.82, 2.24) is 4.90 Å². The summed E-state index contributed by atoms with van der Waals surface area (Å²) in [5.74, 6) is 1.21. The number of carbonyl (C=O) groups is 1. The molecule has 116 valence electrons. The summed E-state index contributed by atoms with van der Waals surface area (Å²) in [5.41, 5.74) is 0.789. The highest BCUT2D eigenvalue weighted by atomic mass is 79.9. The lowest BCUT2D eigenvalue weighted by atomic mass is 10.0. The average molecular weight is 370 g/mol. The molecule has 2 rings (SSSR count). The molecule has 1 fully saturated rings. The topological polar surface area (TPSA) is 20.3 Å². The van der Waals surface area contributed by atoms with E-state index in [2.05, 4.69) is 41.6 Å². The Morgan fingerprint density at radius 1 is 1.38 bits per heavy atom. The molecule has 1 atom stereocenters. The van der Waals surface area contributed by atoms with Crippen molar-refractivity contribution in [3.05, 3.63) is 34.3 Å². The van der Waals surface area contributed by atoms with E-state index in [1.165, 1.54) is 6.42 Å². The van der Waals surface area contributed by atoms with Gasteiger partial charge in [0.2, 0.25) is 0 Å². The minimum absolute atomic E-state index is 0.176. The molecule has 0 unspecified atom stereocenters. The van der Waals surface area contributed by atoms with Gasteiger partial charge in [-0.25, -0.2) is 0 Å². The van der Waals surface area contributed by atoms with E-state index in [1.807, 2.05) is 36.0 Å². The Morgan fingerprint density at radius 2 is 2.14 bits per heavy atom. The first-order valence-corrected chi connectivity index (χ1v) is 9.35. The predicted molar refractivity (Wildman–Crippen MR) is 95.0 cm³/mol. The second kappa shape index (κ2) is 7.19. The van der Waals surface area contributed by atoms with Crippen molar-refractivity contribution in [1.29, 1.82) is 0 Å². The lowest BCUT2D eigenvalue weighted by Gasteiger charge is -2.37. The van der Waals surface area contributed by atoms with Gasteiger partial charge in [0.15, 0.2) is 0 Å². The lowest BCUT2D eigenvalue weighted by Crippen LogP contribution is -2.45. The fraction of sp³-hybridized carbons (Fsp3) is 0.588. The normalized spacial score (nSPS) is 19.6. The van der Waals surface area contributed by atoms with Crippen LogP contribution in [0, 0.1) is 0 Å². The highest BCUT2D eigenvalue weighted by Gasteiger charge is 2.28. The van der Waals surface area contributed by atoms with Crippen molar-refractivity contribution >= 4 is 33.6 Å². The molecule has 2 nitrogen and oxygen atoms in total. The van der Waals surface area contributed by atoms with Crippen LogP contribution in [-0.4, -0.2) is 33.9 Å². The van der Waals surface area contributed by atoms with E-state index in [9.17, 15) is 4.79 Å². The highest BCUT2D eigenvalue weighted by molar-refractivity contribution is 9.10. The number of nitrogens with zero attached hydrogens (tertiary/aromatic N) is 1. The molecule has 0 N–H and O–H groups in total. The van der Waals surface area contributed by atoms with E-state index in [4.69, 9.17) is 0 Å². The first-order chi connectivity index (χ1) is 9.87. The number of amides is 1. The molecule has 1 aromatic carbocycles. The van der Waals surface area contributed by atoms with Gasteiger partial charge in [-0.1, -0.05) is 42.8 Å². The number of hydrogen-bond donors (Lipinski definition) is 0. The molecule has 0 aromatic heterocycles. The second-order valence-corrected chi connectivity index (χ2v) is 9.34. The van der Waals surface area contributed by atoms with Crippen LogP contribution >= 0.6 is 27.7 Å². The van der Waals surface area contributed by atoms with E-state index in [0.717, 1.165) is 35.2 Å². The van der Waals surface area contributed by atoms with Crippen LogP contribution in [0.4, 0.5) is 0 Å². The van der Waals surface area contributed by atoms with Crippen molar-refractivity contribution in [2.75, 3.05) is 12.3 Å². The smallest absolute Gasteiger partial charge is 0.254 e. The van der Waals surface area contributed by atoms with Crippen molar-refractivity contribution in [2.45, 2.75) is 50.8 Å². The molecule has 1 aliphatic heterocycles. The van der Waals surface area contributed by atoms with E-state index < -0.39 is 0 Å². The zero-order chi connectivity index (χ0) is 15.5. The fourth-order valence-electron chi connectivity index (χ4n) is 2.57. The van der Waals surface area contributed by atoms with Crippen LogP contribution in [0.15, 0.2) is 28.7 Å². The van der Waals surface area contributed by atoms with Gasteiger partial charge in [-0.3, -0.25) is 4.79 Å². The number of carbonyl (C=O) groups excluding carboxylic acids is 1. The first kappa shape index (κ1) is 16.9. The molecular formula is C17H24BrNOS. The summed E-state index contributed by atoms with van der Waals surface area (Å²) >= 11 is 5.41. The molecule has 1 saturated heterocycles. The van der Waals surface area contributed by atoms with Crippen LogP contribution in [0.1, 0.15) is 50.4 Å². The minimum Gasteiger partial charge on any atom is -0.335 e. The van der Waals surface area contributed by atoms with Gasteiger partial charge in [-0.15, -0.1) is 0 Å². The first-order valence-electron chi connectivity index (χ1n) is 7.57. The van der Waals surface area contributed by atoms with Crippen LogP contribution in [0.3, 0.4) is 0 Å². The Bertz CT molecular complexity index is 498. The Morgan fingerprint density at radius 3 is 2.81 bits per heavy atom. The number of thioether (sulfide) groups is 1. The van der Waals surface area contributed by atoms with Gasteiger partial charge in [0.25, 0.3) is 5.91 Å². The minimum atomic E-state index is 0.176. The maximum absolute atomic E-state index is 12.8. The zero-order valence-electron chi connectivity index (χ0n) is 13.1. The Balaban J connectivity index is 2.09. The molecule has 0 saturated carbocycles. The van der Waals surface area contributed by atoms with E-state index >= 15 is 0 Å². The third kappa shape index (κ3) is 5.03. The van der Waals surface area contributed by atoms with Crippen molar-refractivity contribution in [2.24, 2.45) is 0 Å². The lowest BCUT2D eigenvalue weighted by molar-refractivity contribution is 0.0640. The Kier molecular flexibility index (Phi) is 5.78. The van der Waals surface area contributed by atoms with E-state index in [1.54, 1.807) is 0 Å². The second-order valence-electron chi connectivity index (χ2n) is 6.58. The van der Waals surface area contributed by atoms with Crippen LogP contribution < -0.4 is 0 Å². The van der Waals surface area contributed by atoms with Crippen molar-refractivity contribution in [3.63, 3.8) is 0 Å². The van der Waals surface area contributed by atoms with Crippen LogP contribution in [0.25, 0.3) is 0 Å². The number of halogens is 1. The molecule has 4 heteroatoms.